The van der Waals surface area contributed by atoms with E-state index < -0.39 is 12.1 Å². The van der Waals surface area contributed by atoms with Gasteiger partial charge in [0.1, 0.15) is 0 Å². The van der Waals surface area contributed by atoms with Crippen LogP contribution in [0.3, 0.4) is 0 Å². The van der Waals surface area contributed by atoms with Crippen LogP contribution in [0.15, 0.2) is 16.8 Å². The van der Waals surface area contributed by atoms with E-state index in [4.69, 9.17) is 9.90 Å². The number of nitrogens with zero attached hydrogens (tertiary/aromatic N) is 2. The summed E-state index contributed by atoms with van der Waals surface area (Å²) in [6.45, 7) is 3.37. The second-order valence-corrected chi connectivity index (χ2v) is 6.55. The molecule has 0 aromatic carbocycles. The zero-order valence-electron chi connectivity index (χ0n) is 13.0. The lowest BCUT2D eigenvalue weighted by atomic mass is 9.93. The summed E-state index contributed by atoms with van der Waals surface area (Å²) < 4.78 is 31.7. The van der Waals surface area contributed by atoms with Gasteiger partial charge in [-0.2, -0.15) is 24.5 Å². The van der Waals surface area contributed by atoms with Crippen LogP contribution in [0.1, 0.15) is 6.42 Å². The van der Waals surface area contributed by atoms with E-state index in [2.05, 4.69) is 22.6 Å². The van der Waals surface area contributed by atoms with Crippen LogP contribution >= 0.6 is 11.3 Å². The Bertz CT molecular complexity index is 586. The molecule has 1 atom stereocenters. The molecule has 3 rings (SSSR count). The van der Waals surface area contributed by atoms with Gasteiger partial charge in [0.25, 0.3) is 0 Å². The zero-order valence-corrected chi connectivity index (χ0v) is 13.8. The SMILES string of the molecule is CN1CC(=O)N(c2ccsc2)CC12CCNC2.O=C(O)C(F)(F)F. The molecule has 1 unspecified atom stereocenters. The first kappa shape index (κ1) is 18.7. The number of carboxylic acid groups (broad SMARTS) is 1. The highest BCUT2D eigenvalue weighted by molar-refractivity contribution is 7.08. The lowest BCUT2D eigenvalue weighted by Crippen LogP contribution is -2.64. The number of aliphatic carboxylic acids is 1. The number of hydrogen-bond donors (Lipinski definition) is 2. The fourth-order valence-corrected chi connectivity index (χ4v) is 3.44. The zero-order chi connectivity index (χ0) is 18.0. The van der Waals surface area contributed by atoms with Crippen LogP contribution in [0.25, 0.3) is 0 Å². The van der Waals surface area contributed by atoms with Gasteiger partial charge in [-0.15, -0.1) is 0 Å². The van der Waals surface area contributed by atoms with Crippen LogP contribution in [-0.4, -0.2) is 66.8 Å². The minimum absolute atomic E-state index is 0.135. The van der Waals surface area contributed by atoms with Crippen LogP contribution in [-0.2, 0) is 9.59 Å². The van der Waals surface area contributed by atoms with Crippen molar-refractivity contribution in [2.75, 3.05) is 38.1 Å². The number of thiophene rings is 1. The topological polar surface area (TPSA) is 72.9 Å². The number of carbonyl (C=O) groups excluding carboxylic acids is 1. The van der Waals surface area contributed by atoms with Crippen molar-refractivity contribution >= 4 is 28.9 Å². The van der Waals surface area contributed by atoms with Crippen molar-refractivity contribution < 1.29 is 27.9 Å². The van der Waals surface area contributed by atoms with Crippen molar-refractivity contribution in [3.8, 4) is 0 Å². The van der Waals surface area contributed by atoms with E-state index in [-0.39, 0.29) is 11.4 Å². The summed E-state index contributed by atoms with van der Waals surface area (Å²) in [5.41, 5.74) is 1.19. The maximum absolute atomic E-state index is 12.1. The third-order valence-electron chi connectivity index (χ3n) is 4.22. The van der Waals surface area contributed by atoms with Crippen LogP contribution < -0.4 is 10.2 Å². The van der Waals surface area contributed by atoms with E-state index in [1.165, 1.54) is 0 Å². The number of piperazine rings is 1. The maximum Gasteiger partial charge on any atom is 0.490 e. The monoisotopic (exact) mass is 365 g/mol. The fourth-order valence-electron chi connectivity index (χ4n) is 2.80. The van der Waals surface area contributed by atoms with Crippen LogP contribution in [0.5, 0.6) is 0 Å². The minimum atomic E-state index is -5.08. The Kier molecular flexibility index (Phi) is 5.51. The van der Waals surface area contributed by atoms with Crippen molar-refractivity contribution in [2.24, 2.45) is 0 Å². The van der Waals surface area contributed by atoms with E-state index in [0.29, 0.717) is 6.54 Å². The lowest BCUT2D eigenvalue weighted by molar-refractivity contribution is -0.192. The van der Waals surface area contributed by atoms with Crippen molar-refractivity contribution in [1.29, 1.82) is 0 Å². The molecule has 1 aromatic heterocycles. The molecule has 2 fully saturated rings. The van der Waals surface area contributed by atoms with Gasteiger partial charge in [0.2, 0.25) is 5.91 Å². The van der Waals surface area contributed by atoms with Crippen LogP contribution in [0.2, 0.25) is 0 Å². The molecule has 3 heterocycles. The van der Waals surface area contributed by atoms with Gasteiger partial charge >= 0.3 is 12.1 Å². The molecular formula is C14H18F3N3O3S. The Balaban J connectivity index is 0.000000256. The normalized spacial score (nSPS) is 24.8. The molecule has 24 heavy (non-hydrogen) atoms. The standard InChI is InChI=1S/C12H17N3OS.C2HF3O2/c1-14-6-11(16)15(10-2-5-17-7-10)9-12(14)3-4-13-8-12;3-2(4,5)1(6)7/h2,5,7,13H,3-4,6,8-9H2,1H3;(H,6,7). The molecule has 0 bridgehead atoms. The van der Waals surface area contributed by atoms with E-state index in [0.717, 1.165) is 31.7 Å². The molecule has 1 amide bonds. The van der Waals surface area contributed by atoms with Crippen molar-refractivity contribution in [3.05, 3.63) is 16.8 Å². The quantitative estimate of drug-likeness (QED) is 0.787. The van der Waals surface area contributed by atoms with Crippen LogP contribution in [0.4, 0.5) is 18.9 Å². The number of likely N-dealkylation sites (N-methyl/N-ethyl adjacent to an activating group) is 1. The van der Waals surface area contributed by atoms with E-state index in [1.54, 1.807) is 11.3 Å². The molecule has 1 aromatic rings. The highest BCUT2D eigenvalue weighted by atomic mass is 32.1. The van der Waals surface area contributed by atoms with Crippen molar-refractivity contribution in [1.82, 2.24) is 10.2 Å². The van der Waals surface area contributed by atoms with Gasteiger partial charge < -0.3 is 15.3 Å². The highest BCUT2D eigenvalue weighted by Crippen LogP contribution is 2.30. The number of amides is 1. The number of nitrogens with one attached hydrogen (secondary N) is 1. The third kappa shape index (κ3) is 4.05. The van der Waals surface area contributed by atoms with Gasteiger partial charge in [-0.3, -0.25) is 9.69 Å². The third-order valence-corrected chi connectivity index (χ3v) is 4.89. The number of carbonyl (C=O) groups is 2. The molecule has 2 N–H and O–H groups in total. The summed E-state index contributed by atoms with van der Waals surface area (Å²) in [5, 5.41) is 14.6. The molecule has 2 aliphatic rings. The fraction of sp³-hybridized carbons (Fsp3) is 0.571. The Morgan fingerprint density at radius 3 is 2.58 bits per heavy atom. The maximum atomic E-state index is 12.1. The van der Waals surface area contributed by atoms with Crippen LogP contribution in [0, 0.1) is 0 Å². The number of halogens is 3. The summed E-state index contributed by atoms with van der Waals surface area (Å²) in [4.78, 5) is 25.2. The smallest absolute Gasteiger partial charge is 0.475 e. The average molecular weight is 365 g/mol. The molecule has 10 heteroatoms. The highest BCUT2D eigenvalue weighted by Gasteiger charge is 2.45. The van der Waals surface area contributed by atoms with Gasteiger partial charge in [-0.25, -0.2) is 4.79 Å². The van der Waals surface area contributed by atoms with E-state index in [9.17, 15) is 18.0 Å². The summed E-state index contributed by atoms with van der Waals surface area (Å²) in [6.07, 6.45) is -3.96. The summed E-state index contributed by atoms with van der Waals surface area (Å²) >= 11 is 1.64. The number of alkyl halides is 3. The van der Waals surface area contributed by atoms with Gasteiger partial charge in [0.05, 0.1) is 17.8 Å². The van der Waals surface area contributed by atoms with E-state index in [1.807, 2.05) is 16.3 Å². The molecular weight excluding hydrogens is 347 g/mol. The lowest BCUT2D eigenvalue weighted by Gasteiger charge is -2.46. The number of carboxylic acids is 1. The van der Waals surface area contributed by atoms with Gasteiger partial charge in [0.15, 0.2) is 0 Å². The predicted octanol–water partition coefficient (Wildman–Crippen LogP) is 1.39. The molecule has 0 radical (unpaired) electrons. The minimum Gasteiger partial charge on any atom is -0.475 e. The summed E-state index contributed by atoms with van der Waals surface area (Å²) in [7, 11) is 2.07. The van der Waals surface area contributed by atoms with E-state index >= 15 is 0 Å². The Morgan fingerprint density at radius 1 is 1.46 bits per heavy atom. The molecule has 2 saturated heterocycles. The first-order valence-corrected chi connectivity index (χ1v) is 8.15. The molecule has 0 saturated carbocycles. The molecule has 2 aliphatic heterocycles. The molecule has 0 aliphatic carbocycles. The summed E-state index contributed by atoms with van der Waals surface area (Å²) in [6, 6.07) is 2.03. The second-order valence-electron chi connectivity index (χ2n) is 5.77. The van der Waals surface area contributed by atoms with Crippen molar-refractivity contribution in [3.63, 3.8) is 0 Å². The Labute approximate surface area is 140 Å². The first-order valence-electron chi connectivity index (χ1n) is 7.20. The second kappa shape index (κ2) is 7.08. The Morgan fingerprint density at radius 2 is 2.12 bits per heavy atom. The van der Waals surface area contributed by atoms with Gasteiger partial charge in [0, 0.05) is 18.5 Å². The summed E-state index contributed by atoms with van der Waals surface area (Å²) in [5.74, 6) is -2.55. The van der Waals surface area contributed by atoms with Crippen molar-refractivity contribution in [2.45, 2.75) is 18.1 Å². The molecule has 1 spiro atoms. The van der Waals surface area contributed by atoms with Gasteiger partial charge in [-0.1, -0.05) is 0 Å². The molecule has 134 valence electrons. The largest absolute Gasteiger partial charge is 0.490 e. The number of hydrogen-bond acceptors (Lipinski definition) is 5. The number of rotatable bonds is 1. The Hall–Kier alpha value is -1.65. The van der Waals surface area contributed by atoms with Gasteiger partial charge in [-0.05, 0) is 31.5 Å². The molecule has 6 nitrogen and oxygen atoms in total. The predicted molar refractivity (Wildman–Crippen MR) is 83.2 cm³/mol. The first-order chi connectivity index (χ1) is 11.2. The number of anilines is 1. The average Bonchev–Trinajstić information content (AvgIpc) is 3.15.